The Kier molecular flexibility index (Phi) is 4.71. The van der Waals surface area contributed by atoms with E-state index >= 15 is 0 Å². The van der Waals surface area contributed by atoms with Gasteiger partial charge in [0.1, 0.15) is 0 Å². The molecule has 5 heteroatoms. The van der Waals surface area contributed by atoms with Gasteiger partial charge in [0.25, 0.3) is 5.91 Å². The first-order chi connectivity index (χ1) is 12.7. The molecular weight excluding hydrogens is 324 g/mol. The lowest BCUT2D eigenvalue weighted by Gasteiger charge is -2.25. The van der Waals surface area contributed by atoms with Gasteiger partial charge in [0, 0.05) is 13.6 Å². The van der Waals surface area contributed by atoms with Crippen molar-refractivity contribution in [1.82, 2.24) is 19.8 Å². The van der Waals surface area contributed by atoms with Gasteiger partial charge in [0.05, 0.1) is 29.0 Å². The summed E-state index contributed by atoms with van der Waals surface area (Å²) in [7, 11) is 1.92. The van der Waals surface area contributed by atoms with Crippen molar-refractivity contribution >= 4 is 16.9 Å². The average molecular weight is 348 g/mol. The molecule has 1 N–H and O–H groups in total. The highest BCUT2D eigenvalue weighted by molar-refractivity contribution is 6.05. The largest absolute Gasteiger partial charge is 0.344 e. The fourth-order valence-electron chi connectivity index (χ4n) is 3.78. The molecule has 1 fully saturated rings. The molecule has 1 aromatic heterocycles. The molecule has 134 valence electrons. The van der Waals surface area contributed by atoms with E-state index in [1.54, 1.807) is 6.33 Å². The number of para-hydroxylation sites is 1. The Morgan fingerprint density at radius 3 is 2.65 bits per heavy atom. The van der Waals surface area contributed by atoms with Gasteiger partial charge in [0.2, 0.25) is 0 Å². The summed E-state index contributed by atoms with van der Waals surface area (Å²) in [4.78, 5) is 19.9. The maximum absolute atomic E-state index is 13.1. The number of carbonyl (C=O) groups is 1. The molecule has 3 aromatic rings. The first kappa shape index (κ1) is 16.8. The van der Waals surface area contributed by atoms with Gasteiger partial charge in [-0.15, -0.1) is 0 Å². The van der Waals surface area contributed by atoms with E-state index in [1.165, 1.54) is 12.8 Å². The highest BCUT2D eigenvalue weighted by Gasteiger charge is 2.22. The number of aryl methyl sites for hydroxylation is 1. The Balaban J connectivity index is 1.61. The summed E-state index contributed by atoms with van der Waals surface area (Å²) < 4.78 is 1.91. The summed E-state index contributed by atoms with van der Waals surface area (Å²) in [6.45, 7) is 3.06. The number of fused-ring (bicyclic) bond motifs is 1. The topological polar surface area (TPSA) is 50.2 Å². The minimum atomic E-state index is -0.0488. The van der Waals surface area contributed by atoms with Crippen molar-refractivity contribution in [3.63, 3.8) is 0 Å². The number of nitrogens with zero attached hydrogens (tertiary/aromatic N) is 3. The molecular formula is C21H24N4O. The SMILES string of the molecule is Cn1cnc2cccc(C(=O)NC(CN3CCCC3)c3ccccc3)c21. The fourth-order valence-corrected chi connectivity index (χ4v) is 3.78. The van der Waals surface area contributed by atoms with Gasteiger partial charge in [-0.1, -0.05) is 36.4 Å². The third-order valence-electron chi connectivity index (χ3n) is 5.13. The Morgan fingerprint density at radius 2 is 1.88 bits per heavy atom. The minimum Gasteiger partial charge on any atom is -0.344 e. The molecule has 1 unspecified atom stereocenters. The van der Waals surface area contributed by atoms with E-state index in [4.69, 9.17) is 0 Å². The van der Waals surface area contributed by atoms with Crippen molar-refractivity contribution in [2.45, 2.75) is 18.9 Å². The molecule has 2 aromatic carbocycles. The smallest absolute Gasteiger partial charge is 0.254 e. The quantitative estimate of drug-likeness (QED) is 0.771. The number of hydrogen-bond acceptors (Lipinski definition) is 3. The average Bonchev–Trinajstić information content (AvgIpc) is 3.32. The fraction of sp³-hybridized carbons (Fsp3) is 0.333. The van der Waals surface area contributed by atoms with Crippen molar-refractivity contribution < 1.29 is 4.79 Å². The summed E-state index contributed by atoms with van der Waals surface area (Å²) in [6.07, 6.45) is 4.23. The number of imidazole rings is 1. The van der Waals surface area contributed by atoms with Crippen LogP contribution in [0.3, 0.4) is 0 Å². The van der Waals surface area contributed by atoms with E-state index in [0.717, 1.165) is 36.2 Å². The molecule has 26 heavy (non-hydrogen) atoms. The van der Waals surface area contributed by atoms with Gasteiger partial charge in [0.15, 0.2) is 0 Å². The zero-order valence-corrected chi connectivity index (χ0v) is 15.1. The summed E-state index contributed by atoms with van der Waals surface area (Å²) in [5, 5.41) is 3.26. The molecule has 1 aliphatic rings. The van der Waals surface area contributed by atoms with E-state index in [1.807, 2.05) is 48.0 Å². The molecule has 2 heterocycles. The summed E-state index contributed by atoms with van der Waals surface area (Å²) in [5.74, 6) is -0.0488. The second-order valence-corrected chi connectivity index (χ2v) is 6.97. The number of aromatic nitrogens is 2. The summed E-state index contributed by atoms with van der Waals surface area (Å²) in [5.41, 5.74) is 3.53. The lowest BCUT2D eigenvalue weighted by atomic mass is 10.1. The maximum Gasteiger partial charge on any atom is 0.254 e. The normalized spacial score (nSPS) is 16.0. The van der Waals surface area contributed by atoms with Crippen molar-refractivity contribution in [3.05, 3.63) is 66.0 Å². The van der Waals surface area contributed by atoms with Gasteiger partial charge < -0.3 is 14.8 Å². The third-order valence-corrected chi connectivity index (χ3v) is 5.13. The van der Waals surface area contributed by atoms with E-state index in [2.05, 4.69) is 27.3 Å². The van der Waals surface area contributed by atoms with Gasteiger partial charge in [-0.3, -0.25) is 4.79 Å². The van der Waals surface area contributed by atoms with Crippen LogP contribution in [0.5, 0.6) is 0 Å². The number of amides is 1. The molecule has 1 atom stereocenters. The Hall–Kier alpha value is -2.66. The van der Waals surface area contributed by atoms with Crippen LogP contribution in [-0.2, 0) is 7.05 Å². The number of nitrogens with one attached hydrogen (secondary N) is 1. The lowest BCUT2D eigenvalue weighted by molar-refractivity contribution is 0.0928. The van der Waals surface area contributed by atoms with Crippen LogP contribution >= 0.6 is 0 Å². The summed E-state index contributed by atoms with van der Waals surface area (Å²) in [6, 6.07) is 15.9. The van der Waals surface area contributed by atoms with E-state index < -0.39 is 0 Å². The first-order valence-electron chi connectivity index (χ1n) is 9.20. The molecule has 1 aliphatic heterocycles. The molecule has 4 rings (SSSR count). The van der Waals surface area contributed by atoms with Crippen molar-refractivity contribution in [1.29, 1.82) is 0 Å². The molecule has 1 amide bonds. The van der Waals surface area contributed by atoms with Gasteiger partial charge in [-0.05, 0) is 43.6 Å². The number of benzene rings is 2. The predicted octanol–water partition coefficient (Wildman–Crippen LogP) is 3.14. The molecule has 0 radical (unpaired) electrons. The van der Waals surface area contributed by atoms with Crippen LogP contribution in [-0.4, -0.2) is 40.0 Å². The van der Waals surface area contributed by atoms with Crippen molar-refractivity contribution in [2.75, 3.05) is 19.6 Å². The maximum atomic E-state index is 13.1. The predicted molar refractivity (Wildman–Crippen MR) is 103 cm³/mol. The Labute approximate surface area is 153 Å². The summed E-state index contributed by atoms with van der Waals surface area (Å²) >= 11 is 0. The van der Waals surface area contributed by atoms with Crippen LogP contribution in [0.15, 0.2) is 54.9 Å². The van der Waals surface area contributed by atoms with Crippen molar-refractivity contribution in [3.8, 4) is 0 Å². The zero-order chi connectivity index (χ0) is 17.9. The van der Waals surface area contributed by atoms with Gasteiger partial charge >= 0.3 is 0 Å². The Bertz CT molecular complexity index is 897. The van der Waals surface area contributed by atoms with Crippen LogP contribution in [0.4, 0.5) is 0 Å². The minimum absolute atomic E-state index is 0.0229. The lowest BCUT2D eigenvalue weighted by Crippen LogP contribution is -2.37. The monoisotopic (exact) mass is 348 g/mol. The van der Waals surface area contributed by atoms with Crippen LogP contribution in [0.2, 0.25) is 0 Å². The molecule has 0 spiro atoms. The Morgan fingerprint density at radius 1 is 1.12 bits per heavy atom. The van der Waals surface area contributed by atoms with Crippen molar-refractivity contribution in [2.24, 2.45) is 7.05 Å². The molecule has 0 aliphatic carbocycles. The molecule has 0 bridgehead atoms. The zero-order valence-electron chi connectivity index (χ0n) is 15.1. The number of likely N-dealkylation sites (tertiary alicyclic amines) is 1. The van der Waals surface area contributed by atoms with Crippen LogP contribution in [0, 0.1) is 0 Å². The van der Waals surface area contributed by atoms with E-state index in [9.17, 15) is 4.79 Å². The van der Waals surface area contributed by atoms with Gasteiger partial charge in [-0.25, -0.2) is 4.98 Å². The van der Waals surface area contributed by atoms with Crippen LogP contribution in [0.1, 0.15) is 34.8 Å². The molecule has 0 saturated carbocycles. The highest BCUT2D eigenvalue weighted by atomic mass is 16.1. The van der Waals surface area contributed by atoms with Gasteiger partial charge in [-0.2, -0.15) is 0 Å². The molecule has 5 nitrogen and oxygen atoms in total. The van der Waals surface area contributed by atoms with E-state index in [-0.39, 0.29) is 11.9 Å². The van der Waals surface area contributed by atoms with Crippen LogP contribution < -0.4 is 5.32 Å². The third kappa shape index (κ3) is 3.35. The highest BCUT2D eigenvalue weighted by Crippen LogP contribution is 2.21. The first-order valence-corrected chi connectivity index (χ1v) is 9.20. The second-order valence-electron chi connectivity index (χ2n) is 6.97. The van der Waals surface area contributed by atoms with E-state index in [0.29, 0.717) is 5.56 Å². The number of rotatable bonds is 5. The second kappa shape index (κ2) is 7.30. The number of carbonyl (C=O) groups excluding carboxylic acids is 1. The molecule has 1 saturated heterocycles. The number of hydrogen-bond donors (Lipinski definition) is 1. The van der Waals surface area contributed by atoms with Crippen LogP contribution in [0.25, 0.3) is 11.0 Å². The standard InChI is InChI=1S/C21H24N4O/c1-24-15-22-18-11-7-10-17(20(18)24)21(26)23-19(14-25-12-5-6-13-25)16-8-3-2-4-9-16/h2-4,7-11,15,19H,5-6,12-14H2,1H3,(H,23,26).